The number of likely N-dealkylation sites (tertiary alicyclic amines) is 1. The number of ether oxygens (including phenoxy) is 2. The third-order valence-corrected chi connectivity index (χ3v) is 4.28. The lowest BCUT2D eigenvalue weighted by Crippen LogP contribution is -2.42. The summed E-state index contributed by atoms with van der Waals surface area (Å²) in [4.78, 5) is 20.7. The number of nitrogens with zero attached hydrogens (tertiary/aromatic N) is 3. The Morgan fingerprint density at radius 3 is 2.74 bits per heavy atom. The molecule has 23 heavy (non-hydrogen) atoms. The summed E-state index contributed by atoms with van der Waals surface area (Å²) in [7, 11) is 4.89. The van der Waals surface area contributed by atoms with Crippen LogP contribution in [0.1, 0.15) is 20.3 Å². The molecule has 7 nitrogen and oxygen atoms in total. The zero-order valence-electron chi connectivity index (χ0n) is 14.5. The van der Waals surface area contributed by atoms with Gasteiger partial charge in [-0.05, 0) is 20.3 Å². The molecule has 0 bridgehead atoms. The summed E-state index contributed by atoms with van der Waals surface area (Å²) in [5.41, 5.74) is 0.582. The van der Waals surface area contributed by atoms with Crippen LogP contribution >= 0.6 is 0 Å². The number of methoxy groups -OCH3 is 2. The SMILES string of the molecule is COc1cc(NC(=O)N(C)C2CCN(C(C)C)C2)cnc1OC. The van der Waals surface area contributed by atoms with E-state index < -0.39 is 0 Å². The minimum absolute atomic E-state index is 0.144. The Morgan fingerprint density at radius 2 is 2.17 bits per heavy atom. The Bertz CT molecular complexity index is 550. The van der Waals surface area contributed by atoms with Gasteiger partial charge in [0.05, 0.1) is 26.1 Å². The number of pyridine rings is 1. The number of hydrogen-bond acceptors (Lipinski definition) is 5. The van der Waals surface area contributed by atoms with Crippen molar-refractivity contribution < 1.29 is 14.3 Å². The molecule has 2 amide bonds. The lowest BCUT2D eigenvalue weighted by molar-refractivity contribution is 0.197. The Kier molecular flexibility index (Phi) is 5.65. The summed E-state index contributed by atoms with van der Waals surface area (Å²) >= 11 is 0. The molecule has 1 aliphatic rings. The molecule has 0 aliphatic carbocycles. The van der Waals surface area contributed by atoms with E-state index in [2.05, 4.69) is 29.0 Å². The molecular formula is C16H26N4O3. The van der Waals surface area contributed by atoms with Crippen LogP contribution < -0.4 is 14.8 Å². The zero-order valence-corrected chi connectivity index (χ0v) is 14.5. The van der Waals surface area contributed by atoms with Gasteiger partial charge in [-0.1, -0.05) is 0 Å². The molecule has 1 saturated heterocycles. The number of urea groups is 1. The number of aromatic nitrogens is 1. The van der Waals surface area contributed by atoms with E-state index in [0.717, 1.165) is 19.5 Å². The first-order valence-electron chi connectivity index (χ1n) is 7.82. The molecule has 0 spiro atoms. The fraction of sp³-hybridized carbons (Fsp3) is 0.625. The van der Waals surface area contributed by atoms with Crippen LogP contribution in [0, 0.1) is 0 Å². The van der Waals surface area contributed by atoms with Gasteiger partial charge in [0, 0.05) is 38.3 Å². The predicted octanol–water partition coefficient (Wildman–Crippen LogP) is 2.05. The van der Waals surface area contributed by atoms with E-state index in [0.29, 0.717) is 23.4 Å². The maximum Gasteiger partial charge on any atom is 0.321 e. The highest BCUT2D eigenvalue weighted by molar-refractivity contribution is 5.89. The fourth-order valence-corrected chi connectivity index (χ4v) is 2.73. The van der Waals surface area contributed by atoms with Gasteiger partial charge in [-0.3, -0.25) is 4.90 Å². The maximum absolute atomic E-state index is 12.4. The van der Waals surface area contributed by atoms with E-state index >= 15 is 0 Å². The van der Waals surface area contributed by atoms with Crippen molar-refractivity contribution in [2.75, 3.05) is 39.7 Å². The number of carbonyl (C=O) groups excluding carboxylic acids is 1. The second kappa shape index (κ2) is 7.50. The highest BCUT2D eigenvalue weighted by atomic mass is 16.5. The molecule has 0 aromatic carbocycles. The summed E-state index contributed by atoms with van der Waals surface area (Å²) in [5.74, 6) is 0.877. The number of nitrogens with one attached hydrogen (secondary N) is 1. The van der Waals surface area contributed by atoms with Gasteiger partial charge in [0.15, 0.2) is 5.75 Å². The van der Waals surface area contributed by atoms with Gasteiger partial charge in [-0.25, -0.2) is 9.78 Å². The Morgan fingerprint density at radius 1 is 1.43 bits per heavy atom. The average molecular weight is 322 g/mol. The number of hydrogen-bond donors (Lipinski definition) is 1. The standard InChI is InChI=1S/C16H26N4O3/c1-11(2)20-7-6-13(10-20)19(3)16(21)18-12-8-14(22-4)15(23-5)17-9-12/h8-9,11,13H,6-7,10H2,1-5H3,(H,18,21). The van der Waals surface area contributed by atoms with Gasteiger partial charge >= 0.3 is 6.03 Å². The number of anilines is 1. The third-order valence-electron chi connectivity index (χ3n) is 4.28. The van der Waals surface area contributed by atoms with Gasteiger partial charge in [-0.2, -0.15) is 0 Å². The maximum atomic E-state index is 12.4. The summed E-state index contributed by atoms with van der Waals surface area (Å²) in [6.07, 6.45) is 2.55. The van der Waals surface area contributed by atoms with Crippen molar-refractivity contribution in [3.05, 3.63) is 12.3 Å². The van der Waals surface area contributed by atoms with Crippen molar-refractivity contribution >= 4 is 11.7 Å². The van der Waals surface area contributed by atoms with E-state index in [9.17, 15) is 4.79 Å². The van der Waals surface area contributed by atoms with Crippen LogP contribution in [-0.4, -0.2) is 67.3 Å². The van der Waals surface area contributed by atoms with Gasteiger partial charge in [0.25, 0.3) is 5.88 Å². The molecule has 1 aliphatic heterocycles. The molecule has 1 atom stereocenters. The topological polar surface area (TPSA) is 66.9 Å². The van der Waals surface area contributed by atoms with Gasteiger partial charge < -0.3 is 19.7 Å². The lowest BCUT2D eigenvalue weighted by Gasteiger charge is -2.26. The third kappa shape index (κ3) is 4.04. The van der Waals surface area contributed by atoms with Crippen LogP contribution in [0.5, 0.6) is 11.6 Å². The minimum atomic E-state index is -0.144. The van der Waals surface area contributed by atoms with Crippen molar-refractivity contribution in [1.29, 1.82) is 0 Å². The smallest absolute Gasteiger partial charge is 0.321 e. The highest BCUT2D eigenvalue weighted by Crippen LogP contribution is 2.27. The minimum Gasteiger partial charge on any atom is -0.491 e. The number of likely N-dealkylation sites (N-methyl/N-ethyl adjacent to an activating group) is 1. The second-order valence-electron chi connectivity index (χ2n) is 6.01. The summed E-state index contributed by atoms with van der Waals surface area (Å²) in [6.45, 7) is 6.29. The predicted molar refractivity (Wildman–Crippen MR) is 89.2 cm³/mol. The lowest BCUT2D eigenvalue weighted by atomic mass is 10.2. The molecule has 128 valence electrons. The average Bonchev–Trinajstić information content (AvgIpc) is 3.04. The number of rotatable bonds is 5. The monoisotopic (exact) mass is 322 g/mol. The molecule has 0 saturated carbocycles. The molecule has 7 heteroatoms. The van der Waals surface area contributed by atoms with Crippen LogP contribution in [0.2, 0.25) is 0 Å². The van der Waals surface area contributed by atoms with Crippen molar-refractivity contribution in [3.8, 4) is 11.6 Å². The summed E-state index contributed by atoms with van der Waals surface area (Å²) < 4.78 is 10.3. The molecule has 1 aromatic rings. The highest BCUT2D eigenvalue weighted by Gasteiger charge is 2.29. The Labute approximate surface area is 137 Å². The summed E-state index contributed by atoms with van der Waals surface area (Å²) in [6, 6.07) is 2.29. The largest absolute Gasteiger partial charge is 0.491 e. The van der Waals surface area contributed by atoms with E-state index in [1.54, 1.807) is 17.2 Å². The molecular weight excluding hydrogens is 296 g/mol. The van der Waals surface area contributed by atoms with Crippen LogP contribution in [0.15, 0.2) is 12.3 Å². The molecule has 2 rings (SSSR count). The number of carbonyl (C=O) groups is 1. The van der Waals surface area contributed by atoms with Crippen LogP contribution in [0.25, 0.3) is 0 Å². The van der Waals surface area contributed by atoms with Crippen LogP contribution in [0.4, 0.5) is 10.5 Å². The quantitative estimate of drug-likeness (QED) is 0.898. The van der Waals surface area contributed by atoms with Crippen LogP contribution in [0.3, 0.4) is 0 Å². The first-order chi connectivity index (χ1) is 11.0. The normalized spacial score (nSPS) is 18.1. The van der Waals surface area contributed by atoms with E-state index in [4.69, 9.17) is 9.47 Å². The van der Waals surface area contributed by atoms with Crippen LogP contribution in [-0.2, 0) is 0 Å². The Hall–Kier alpha value is -2.02. The first-order valence-corrected chi connectivity index (χ1v) is 7.82. The van der Waals surface area contributed by atoms with Crippen molar-refractivity contribution in [1.82, 2.24) is 14.8 Å². The second-order valence-corrected chi connectivity index (χ2v) is 6.01. The first kappa shape index (κ1) is 17.3. The van der Waals surface area contributed by atoms with Gasteiger partial charge in [0.2, 0.25) is 0 Å². The molecule has 2 heterocycles. The molecule has 1 aromatic heterocycles. The van der Waals surface area contributed by atoms with E-state index in [1.807, 2.05) is 7.05 Å². The molecule has 1 N–H and O–H groups in total. The van der Waals surface area contributed by atoms with E-state index in [1.165, 1.54) is 14.2 Å². The number of amides is 2. The van der Waals surface area contributed by atoms with Gasteiger partial charge in [0.1, 0.15) is 0 Å². The van der Waals surface area contributed by atoms with E-state index in [-0.39, 0.29) is 12.1 Å². The summed E-state index contributed by atoms with van der Waals surface area (Å²) in [5, 5.41) is 2.86. The molecule has 1 fully saturated rings. The van der Waals surface area contributed by atoms with Crippen molar-refractivity contribution in [2.24, 2.45) is 0 Å². The fourth-order valence-electron chi connectivity index (χ4n) is 2.73. The van der Waals surface area contributed by atoms with Gasteiger partial charge in [-0.15, -0.1) is 0 Å². The van der Waals surface area contributed by atoms with Crippen molar-refractivity contribution in [2.45, 2.75) is 32.4 Å². The molecule has 0 radical (unpaired) electrons. The molecule has 1 unspecified atom stereocenters. The Balaban J connectivity index is 1.99. The van der Waals surface area contributed by atoms with Crippen molar-refractivity contribution in [3.63, 3.8) is 0 Å². The zero-order chi connectivity index (χ0) is 17.0.